The van der Waals surface area contributed by atoms with E-state index >= 15 is 0 Å². The zero-order chi connectivity index (χ0) is 17.2. The summed E-state index contributed by atoms with van der Waals surface area (Å²) in [6.45, 7) is 1.64. The summed E-state index contributed by atoms with van der Waals surface area (Å²) in [5.74, 6) is -2.12. The molecule has 1 rings (SSSR count). The molecule has 0 aliphatic rings. The summed E-state index contributed by atoms with van der Waals surface area (Å²) in [5, 5.41) is 0. The molecule has 1 aromatic rings. The normalized spacial score (nSPS) is 11.6. The number of rotatable bonds is 7. The minimum Gasteiger partial charge on any atom is -0.466 e. The Balaban J connectivity index is 2.63. The van der Waals surface area contributed by atoms with E-state index in [2.05, 4.69) is 4.74 Å². The highest BCUT2D eigenvalue weighted by Gasteiger charge is 2.22. The van der Waals surface area contributed by atoms with Crippen molar-refractivity contribution in [1.82, 2.24) is 0 Å². The summed E-state index contributed by atoms with van der Waals surface area (Å²) >= 11 is 0. The number of esters is 3. The van der Waals surface area contributed by atoms with E-state index in [1.54, 1.807) is 6.92 Å². The lowest BCUT2D eigenvalue weighted by molar-refractivity contribution is -0.159. The smallest absolute Gasteiger partial charge is 0.352 e. The van der Waals surface area contributed by atoms with Gasteiger partial charge >= 0.3 is 17.9 Å². The van der Waals surface area contributed by atoms with Crippen molar-refractivity contribution in [3.8, 4) is 5.75 Å². The molecular formula is C16H16O7. The van der Waals surface area contributed by atoms with Gasteiger partial charge in [-0.2, -0.15) is 0 Å². The molecule has 0 aliphatic heterocycles. The SMILES string of the molecule is CCC(OC(=O)/C=C/C(=O)OC)C(=O)Oc1ccc(C=O)cc1. The van der Waals surface area contributed by atoms with Crippen LogP contribution in [0.25, 0.3) is 0 Å². The Morgan fingerprint density at radius 3 is 2.22 bits per heavy atom. The molecule has 0 heterocycles. The van der Waals surface area contributed by atoms with Crippen LogP contribution >= 0.6 is 0 Å². The van der Waals surface area contributed by atoms with Crippen LogP contribution in [0, 0.1) is 0 Å². The lowest BCUT2D eigenvalue weighted by atomic mass is 10.2. The Bertz CT molecular complexity index is 601. The minimum atomic E-state index is -1.12. The fourth-order valence-corrected chi connectivity index (χ4v) is 1.48. The number of carbonyl (C=O) groups is 4. The zero-order valence-electron chi connectivity index (χ0n) is 12.7. The summed E-state index contributed by atoms with van der Waals surface area (Å²) in [4.78, 5) is 44.9. The van der Waals surface area contributed by atoms with E-state index in [1.165, 1.54) is 31.4 Å². The number of hydrogen-bond donors (Lipinski definition) is 0. The van der Waals surface area contributed by atoms with Crippen LogP contribution in [0.5, 0.6) is 5.75 Å². The van der Waals surface area contributed by atoms with Crippen molar-refractivity contribution in [2.24, 2.45) is 0 Å². The van der Waals surface area contributed by atoms with Crippen LogP contribution in [0.1, 0.15) is 23.7 Å². The van der Waals surface area contributed by atoms with Gasteiger partial charge in [0.05, 0.1) is 7.11 Å². The van der Waals surface area contributed by atoms with Gasteiger partial charge in [0.1, 0.15) is 12.0 Å². The maximum absolute atomic E-state index is 11.9. The van der Waals surface area contributed by atoms with Gasteiger partial charge in [0.15, 0.2) is 6.10 Å². The second kappa shape index (κ2) is 9.14. The fraction of sp³-hybridized carbons (Fsp3) is 0.250. The Morgan fingerprint density at radius 1 is 1.09 bits per heavy atom. The zero-order valence-corrected chi connectivity index (χ0v) is 12.7. The van der Waals surface area contributed by atoms with Crippen LogP contribution in [0.3, 0.4) is 0 Å². The molecule has 23 heavy (non-hydrogen) atoms. The van der Waals surface area contributed by atoms with Crippen molar-refractivity contribution in [3.05, 3.63) is 42.0 Å². The van der Waals surface area contributed by atoms with E-state index in [-0.39, 0.29) is 12.2 Å². The van der Waals surface area contributed by atoms with Gasteiger partial charge in [0, 0.05) is 17.7 Å². The van der Waals surface area contributed by atoms with Crippen molar-refractivity contribution in [2.75, 3.05) is 7.11 Å². The third-order valence-corrected chi connectivity index (χ3v) is 2.68. The summed E-state index contributed by atoms with van der Waals surface area (Å²) in [5.41, 5.74) is 0.441. The molecular weight excluding hydrogens is 304 g/mol. The van der Waals surface area contributed by atoms with Crippen molar-refractivity contribution >= 4 is 24.2 Å². The van der Waals surface area contributed by atoms with E-state index in [4.69, 9.17) is 9.47 Å². The molecule has 122 valence electrons. The Hall–Kier alpha value is -2.96. The summed E-state index contributed by atoms with van der Waals surface area (Å²) in [6, 6.07) is 5.88. The Kier molecular flexibility index (Phi) is 7.19. The lowest BCUT2D eigenvalue weighted by Crippen LogP contribution is -2.30. The van der Waals surface area contributed by atoms with Gasteiger partial charge in [-0.3, -0.25) is 4.79 Å². The number of methoxy groups -OCH3 is 1. The highest BCUT2D eigenvalue weighted by molar-refractivity contribution is 5.92. The quantitative estimate of drug-likeness (QED) is 0.325. The fourth-order valence-electron chi connectivity index (χ4n) is 1.48. The van der Waals surface area contributed by atoms with Gasteiger partial charge in [-0.05, 0) is 30.7 Å². The van der Waals surface area contributed by atoms with Crippen LogP contribution in [0.2, 0.25) is 0 Å². The Labute approximate surface area is 132 Å². The number of ether oxygens (including phenoxy) is 3. The van der Waals surface area contributed by atoms with Gasteiger partial charge in [0.25, 0.3) is 0 Å². The second-order valence-electron chi connectivity index (χ2n) is 4.30. The molecule has 0 radical (unpaired) electrons. The molecule has 0 bridgehead atoms. The third-order valence-electron chi connectivity index (χ3n) is 2.68. The largest absolute Gasteiger partial charge is 0.466 e. The molecule has 7 nitrogen and oxygen atoms in total. The number of carbonyl (C=O) groups excluding carboxylic acids is 4. The van der Waals surface area contributed by atoms with Crippen LogP contribution in [-0.4, -0.2) is 37.4 Å². The molecule has 1 aromatic carbocycles. The maximum Gasteiger partial charge on any atom is 0.352 e. The van der Waals surface area contributed by atoms with Gasteiger partial charge in [-0.15, -0.1) is 0 Å². The van der Waals surface area contributed by atoms with E-state index in [1.807, 2.05) is 0 Å². The first-order chi connectivity index (χ1) is 11.0. The van der Waals surface area contributed by atoms with Crippen LogP contribution in [-0.2, 0) is 23.9 Å². The molecule has 0 saturated heterocycles. The van der Waals surface area contributed by atoms with Crippen molar-refractivity contribution in [1.29, 1.82) is 0 Å². The lowest BCUT2D eigenvalue weighted by Gasteiger charge is -2.14. The second-order valence-corrected chi connectivity index (χ2v) is 4.30. The van der Waals surface area contributed by atoms with Gasteiger partial charge in [-0.25, -0.2) is 14.4 Å². The molecule has 7 heteroatoms. The number of benzene rings is 1. The number of aldehydes is 1. The van der Waals surface area contributed by atoms with Crippen LogP contribution in [0.4, 0.5) is 0 Å². The first-order valence-electron chi connectivity index (χ1n) is 6.73. The van der Waals surface area contributed by atoms with Crippen molar-refractivity contribution in [3.63, 3.8) is 0 Å². The van der Waals surface area contributed by atoms with E-state index < -0.39 is 24.0 Å². The van der Waals surface area contributed by atoms with E-state index in [9.17, 15) is 19.2 Å². The maximum atomic E-state index is 11.9. The van der Waals surface area contributed by atoms with Crippen molar-refractivity contribution in [2.45, 2.75) is 19.4 Å². The highest BCUT2D eigenvalue weighted by Crippen LogP contribution is 2.13. The highest BCUT2D eigenvalue weighted by atomic mass is 16.6. The minimum absolute atomic E-state index is 0.197. The summed E-state index contributed by atoms with van der Waals surface area (Å²) in [6.07, 6.45) is 1.49. The van der Waals surface area contributed by atoms with Gasteiger partial charge in [-0.1, -0.05) is 6.92 Å². The molecule has 0 fully saturated rings. The van der Waals surface area contributed by atoms with Crippen molar-refractivity contribution < 1.29 is 33.4 Å². The van der Waals surface area contributed by atoms with Crippen LogP contribution in [0.15, 0.2) is 36.4 Å². The molecule has 1 atom stereocenters. The topological polar surface area (TPSA) is 96.0 Å². The van der Waals surface area contributed by atoms with E-state index in [0.717, 1.165) is 12.2 Å². The Morgan fingerprint density at radius 2 is 1.70 bits per heavy atom. The third kappa shape index (κ3) is 6.13. The van der Waals surface area contributed by atoms with Crippen LogP contribution < -0.4 is 4.74 Å². The average molecular weight is 320 g/mol. The molecule has 0 N–H and O–H groups in total. The first kappa shape index (κ1) is 18.1. The predicted octanol–water partition coefficient (Wildman–Crippen LogP) is 1.46. The monoisotopic (exact) mass is 320 g/mol. The molecule has 0 saturated carbocycles. The van der Waals surface area contributed by atoms with E-state index in [0.29, 0.717) is 11.8 Å². The van der Waals surface area contributed by atoms with Gasteiger partial charge in [0.2, 0.25) is 0 Å². The number of hydrogen-bond acceptors (Lipinski definition) is 7. The van der Waals surface area contributed by atoms with Gasteiger partial charge < -0.3 is 14.2 Å². The molecule has 1 unspecified atom stereocenters. The molecule has 0 amide bonds. The summed E-state index contributed by atoms with van der Waals surface area (Å²) in [7, 11) is 1.17. The molecule has 0 spiro atoms. The molecule has 0 aliphatic carbocycles. The summed E-state index contributed by atoms with van der Waals surface area (Å²) < 4.78 is 14.3. The molecule has 0 aromatic heterocycles. The standard InChI is InChI=1S/C16H16O7/c1-3-13(23-15(19)9-8-14(18)21-2)16(20)22-12-6-4-11(10-17)5-7-12/h4-10,13H,3H2,1-2H3/b9-8+. The first-order valence-corrected chi connectivity index (χ1v) is 6.73. The average Bonchev–Trinajstić information content (AvgIpc) is 2.57. The predicted molar refractivity (Wildman–Crippen MR) is 78.8 cm³/mol.